The second kappa shape index (κ2) is 3.37. The third kappa shape index (κ3) is 1.24. The van der Waals surface area contributed by atoms with Gasteiger partial charge in [-0.25, -0.2) is 0 Å². The molecule has 1 spiro atoms. The average molecular weight is 234 g/mol. The van der Waals surface area contributed by atoms with Crippen molar-refractivity contribution in [3.05, 3.63) is 12.2 Å². The van der Waals surface area contributed by atoms with E-state index < -0.39 is 0 Å². The van der Waals surface area contributed by atoms with Crippen LogP contribution in [0.2, 0.25) is 0 Å². The number of rotatable bonds is 1. The van der Waals surface area contributed by atoms with Crippen molar-refractivity contribution in [2.24, 2.45) is 22.7 Å². The number of allylic oxidation sites excluding steroid dienone is 1. The summed E-state index contributed by atoms with van der Waals surface area (Å²) in [5.41, 5.74) is 0.487. The van der Waals surface area contributed by atoms with Gasteiger partial charge in [-0.3, -0.25) is 4.79 Å². The monoisotopic (exact) mass is 234 g/mol. The van der Waals surface area contributed by atoms with E-state index in [4.69, 9.17) is 4.74 Å². The van der Waals surface area contributed by atoms with Gasteiger partial charge in [-0.1, -0.05) is 19.9 Å². The molecule has 0 aromatic heterocycles. The lowest BCUT2D eigenvalue weighted by Gasteiger charge is -2.41. The Morgan fingerprint density at radius 1 is 1.35 bits per heavy atom. The van der Waals surface area contributed by atoms with E-state index in [1.54, 1.807) is 0 Å². The van der Waals surface area contributed by atoms with Gasteiger partial charge >= 0.3 is 5.97 Å². The van der Waals surface area contributed by atoms with Crippen LogP contribution in [0.25, 0.3) is 0 Å². The predicted octanol–water partition coefficient (Wildman–Crippen LogP) is 3.32. The molecule has 0 aromatic carbocycles. The van der Waals surface area contributed by atoms with E-state index in [-0.39, 0.29) is 17.5 Å². The molecule has 0 bridgehead atoms. The summed E-state index contributed by atoms with van der Waals surface area (Å²) in [6, 6.07) is 0. The highest BCUT2D eigenvalue weighted by Crippen LogP contribution is 2.70. The largest absolute Gasteiger partial charge is 0.458 e. The first-order valence-electron chi connectivity index (χ1n) is 6.86. The molecule has 2 nitrogen and oxygen atoms in total. The van der Waals surface area contributed by atoms with Crippen LogP contribution in [0.15, 0.2) is 12.2 Å². The Morgan fingerprint density at radius 3 is 2.82 bits per heavy atom. The van der Waals surface area contributed by atoms with Crippen LogP contribution in [-0.4, -0.2) is 12.1 Å². The molecule has 2 heteroatoms. The maximum absolute atomic E-state index is 11.2. The lowest BCUT2D eigenvalue weighted by atomic mass is 9.65. The van der Waals surface area contributed by atoms with Crippen molar-refractivity contribution in [3.63, 3.8) is 0 Å². The Hall–Kier alpha value is -0.790. The lowest BCUT2D eigenvalue weighted by molar-refractivity contribution is -0.151. The first kappa shape index (κ1) is 11.3. The average Bonchev–Trinajstić information content (AvgIpc) is 2.80. The van der Waals surface area contributed by atoms with Crippen LogP contribution in [0.5, 0.6) is 0 Å². The third-order valence-corrected chi connectivity index (χ3v) is 5.89. The summed E-state index contributed by atoms with van der Waals surface area (Å²) in [6.07, 6.45) is 9.68. The lowest BCUT2D eigenvalue weighted by Crippen LogP contribution is -2.41. The van der Waals surface area contributed by atoms with E-state index in [0.29, 0.717) is 5.41 Å². The first-order chi connectivity index (χ1) is 7.99. The summed E-state index contributed by atoms with van der Waals surface area (Å²) in [5.74, 6) is 1.49. The Labute approximate surface area is 103 Å². The van der Waals surface area contributed by atoms with E-state index >= 15 is 0 Å². The molecular weight excluding hydrogens is 212 g/mol. The summed E-state index contributed by atoms with van der Waals surface area (Å²) >= 11 is 0. The van der Waals surface area contributed by atoms with Crippen LogP contribution >= 0.6 is 0 Å². The molecule has 2 saturated carbocycles. The molecule has 3 aliphatic carbocycles. The van der Waals surface area contributed by atoms with Crippen molar-refractivity contribution < 1.29 is 9.53 Å². The van der Waals surface area contributed by atoms with Crippen molar-refractivity contribution >= 4 is 5.97 Å². The van der Waals surface area contributed by atoms with Gasteiger partial charge in [-0.15, -0.1) is 0 Å². The number of esters is 1. The molecule has 0 unspecified atom stereocenters. The van der Waals surface area contributed by atoms with E-state index in [9.17, 15) is 4.79 Å². The van der Waals surface area contributed by atoms with Gasteiger partial charge in [0.15, 0.2) is 0 Å². The topological polar surface area (TPSA) is 26.3 Å². The van der Waals surface area contributed by atoms with E-state index in [2.05, 4.69) is 26.0 Å². The second-order valence-corrected chi connectivity index (χ2v) is 6.51. The molecule has 0 saturated heterocycles. The van der Waals surface area contributed by atoms with Gasteiger partial charge in [0, 0.05) is 17.8 Å². The van der Waals surface area contributed by atoms with Crippen molar-refractivity contribution in [2.75, 3.05) is 0 Å². The molecule has 0 radical (unpaired) electrons. The first-order valence-corrected chi connectivity index (χ1v) is 6.86. The SMILES string of the molecule is CC(=O)O[C@@H]1C=C[C@@]23CC[C@@H](C)[C@@H]2CC[C@@]13C. The molecule has 0 heterocycles. The zero-order valence-corrected chi connectivity index (χ0v) is 11.0. The molecule has 0 N–H and O–H groups in total. The van der Waals surface area contributed by atoms with Crippen molar-refractivity contribution in [1.82, 2.24) is 0 Å². The summed E-state index contributed by atoms with van der Waals surface area (Å²) < 4.78 is 5.54. The summed E-state index contributed by atoms with van der Waals surface area (Å²) in [6.45, 7) is 6.24. The minimum atomic E-state index is -0.146. The molecule has 2 fully saturated rings. The maximum atomic E-state index is 11.2. The number of hydrogen-bond acceptors (Lipinski definition) is 2. The Kier molecular flexibility index (Phi) is 2.24. The number of carbonyl (C=O) groups excluding carboxylic acids is 1. The quantitative estimate of drug-likeness (QED) is 0.514. The summed E-state index contributed by atoms with van der Waals surface area (Å²) in [7, 11) is 0. The van der Waals surface area contributed by atoms with E-state index in [0.717, 1.165) is 11.8 Å². The molecule has 5 atom stereocenters. The van der Waals surface area contributed by atoms with Gasteiger partial charge in [-0.05, 0) is 43.6 Å². The minimum Gasteiger partial charge on any atom is -0.458 e. The predicted molar refractivity (Wildman–Crippen MR) is 66.4 cm³/mol. The van der Waals surface area contributed by atoms with E-state index in [1.807, 2.05) is 0 Å². The fourth-order valence-corrected chi connectivity index (χ4v) is 4.92. The Bertz CT molecular complexity index is 386. The van der Waals surface area contributed by atoms with Crippen molar-refractivity contribution in [1.29, 1.82) is 0 Å². The highest BCUT2D eigenvalue weighted by molar-refractivity contribution is 5.66. The van der Waals surface area contributed by atoms with Gasteiger partial charge in [-0.2, -0.15) is 0 Å². The molecule has 3 aliphatic rings. The molecular formula is C15H22O2. The van der Waals surface area contributed by atoms with Crippen LogP contribution in [0.4, 0.5) is 0 Å². The molecule has 17 heavy (non-hydrogen) atoms. The van der Waals surface area contributed by atoms with Crippen molar-refractivity contribution in [2.45, 2.75) is 52.6 Å². The number of hydrogen-bond donors (Lipinski definition) is 0. The molecule has 0 amide bonds. The number of ether oxygens (including phenoxy) is 1. The molecule has 3 rings (SSSR count). The van der Waals surface area contributed by atoms with Gasteiger partial charge in [0.05, 0.1) is 0 Å². The third-order valence-electron chi connectivity index (χ3n) is 5.89. The second-order valence-electron chi connectivity index (χ2n) is 6.51. The minimum absolute atomic E-state index is 0.00954. The zero-order chi connectivity index (χ0) is 12.3. The normalized spacial score (nSPS) is 51.4. The van der Waals surface area contributed by atoms with Crippen LogP contribution < -0.4 is 0 Å². The maximum Gasteiger partial charge on any atom is 0.303 e. The summed E-state index contributed by atoms with van der Waals surface area (Å²) in [5, 5.41) is 0. The van der Waals surface area contributed by atoms with Gasteiger partial charge < -0.3 is 4.74 Å². The van der Waals surface area contributed by atoms with Gasteiger partial charge in [0.2, 0.25) is 0 Å². The van der Waals surface area contributed by atoms with Crippen LogP contribution in [0, 0.1) is 22.7 Å². The van der Waals surface area contributed by atoms with Crippen LogP contribution in [0.1, 0.15) is 46.5 Å². The number of carbonyl (C=O) groups is 1. The standard InChI is InChI=1S/C15H22O2/c1-10-4-8-15-9-6-13(17-11(2)16)14(15,3)7-5-12(10)15/h6,9-10,12-13H,4-5,7-8H2,1-3H3/t10-,12+,13-,14+,15+/m1/s1. The van der Waals surface area contributed by atoms with Crippen molar-refractivity contribution in [3.8, 4) is 0 Å². The Balaban J connectivity index is 1.94. The highest BCUT2D eigenvalue weighted by Gasteiger charge is 2.65. The molecule has 0 aliphatic heterocycles. The van der Waals surface area contributed by atoms with E-state index in [1.165, 1.54) is 32.6 Å². The van der Waals surface area contributed by atoms with Gasteiger partial charge in [0.25, 0.3) is 0 Å². The highest BCUT2D eigenvalue weighted by atomic mass is 16.5. The molecule has 94 valence electrons. The smallest absolute Gasteiger partial charge is 0.303 e. The zero-order valence-electron chi connectivity index (χ0n) is 11.0. The molecule has 0 aromatic rings. The van der Waals surface area contributed by atoms with Crippen LogP contribution in [0.3, 0.4) is 0 Å². The fourth-order valence-electron chi connectivity index (χ4n) is 4.92. The van der Waals surface area contributed by atoms with Crippen LogP contribution in [-0.2, 0) is 9.53 Å². The van der Waals surface area contributed by atoms with Gasteiger partial charge in [0.1, 0.15) is 6.10 Å². The fraction of sp³-hybridized carbons (Fsp3) is 0.800. The Morgan fingerprint density at radius 2 is 2.12 bits per heavy atom. The summed E-state index contributed by atoms with van der Waals surface area (Å²) in [4.78, 5) is 11.2.